The number of unbranched alkanes of at least 4 members (excludes halogenated alkanes) is 9. The third-order valence-electron chi connectivity index (χ3n) is 5.43. The van der Waals surface area contributed by atoms with Crippen LogP contribution in [0.4, 0.5) is 0 Å². The Morgan fingerprint density at radius 3 is 1.45 bits per heavy atom. The van der Waals surface area contributed by atoms with Gasteiger partial charge >= 0.3 is 11.9 Å². The number of nitrogens with zero attached hydrogens (tertiary/aromatic N) is 1. The average molecular weight is 466 g/mol. The zero-order valence-electron chi connectivity index (χ0n) is 21.8. The van der Waals surface area contributed by atoms with Crippen molar-refractivity contribution in [1.29, 1.82) is 0 Å². The Balaban J connectivity index is 4.25. The van der Waals surface area contributed by atoms with Gasteiger partial charge in [0.2, 0.25) is 0 Å². The van der Waals surface area contributed by atoms with Crippen LogP contribution in [-0.2, 0) is 19.1 Å². The quantitative estimate of drug-likeness (QED) is 0.0923. The number of carbonyl (C=O) groups excluding carboxylic acids is 2. The van der Waals surface area contributed by atoms with E-state index in [9.17, 15) is 9.59 Å². The lowest BCUT2D eigenvalue weighted by molar-refractivity contribution is -0.148. The molecule has 0 fully saturated rings. The minimum Gasteiger partial charge on any atom is -0.464 e. The summed E-state index contributed by atoms with van der Waals surface area (Å²) in [6.45, 7) is 8.16. The van der Waals surface area contributed by atoms with E-state index in [1.807, 2.05) is 17.1 Å². The number of hydrogen-bond acceptors (Lipinski definition) is 5. The maximum absolute atomic E-state index is 12.2. The fraction of sp³-hybridized carbons (Fsp3) is 0.786. The summed E-state index contributed by atoms with van der Waals surface area (Å²) in [6.07, 6.45) is 24.2. The minimum absolute atomic E-state index is 0.139. The van der Waals surface area contributed by atoms with Crippen LogP contribution in [0.25, 0.3) is 0 Å². The van der Waals surface area contributed by atoms with Gasteiger partial charge in [-0.15, -0.1) is 0 Å². The van der Waals surface area contributed by atoms with Crippen LogP contribution < -0.4 is 0 Å². The van der Waals surface area contributed by atoms with Crippen molar-refractivity contribution in [1.82, 2.24) is 4.90 Å². The highest BCUT2D eigenvalue weighted by Crippen LogP contribution is 2.11. The molecule has 0 saturated heterocycles. The van der Waals surface area contributed by atoms with Crippen molar-refractivity contribution in [3.8, 4) is 0 Å². The molecule has 5 heteroatoms. The molecule has 0 heterocycles. The van der Waals surface area contributed by atoms with E-state index in [-0.39, 0.29) is 25.0 Å². The van der Waals surface area contributed by atoms with E-state index in [4.69, 9.17) is 9.47 Å². The fourth-order valence-electron chi connectivity index (χ4n) is 3.54. The molecule has 0 N–H and O–H groups in total. The zero-order chi connectivity index (χ0) is 24.4. The van der Waals surface area contributed by atoms with E-state index >= 15 is 0 Å². The molecule has 0 saturated carbocycles. The fourth-order valence-corrected chi connectivity index (χ4v) is 3.54. The van der Waals surface area contributed by atoms with Crippen LogP contribution in [0.1, 0.15) is 111 Å². The van der Waals surface area contributed by atoms with E-state index in [1.54, 1.807) is 0 Å². The number of allylic oxidation sites excluding steroid dienone is 2. The molecular formula is C28H51NO4. The molecule has 0 aliphatic heterocycles. The average Bonchev–Trinajstić information content (AvgIpc) is 2.80. The van der Waals surface area contributed by atoms with Crippen LogP contribution in [0, 0.1) is 0 Å². The molecule has 0 aromatic carbocycles. The molecule has 0 aromatic heterocycles. The Labute approximate surface area is 204 Å². The summed E-state index contributed by atoms with van der Waals surface area (Å²) >= 11 is 0. The molecule has 0 bridgehead atoms. The topological polar surface area (TPSA) is 55.8 Å². The van der Waals surface area contributed by atoms with Gasteiger partial charge in [0.1, 0.15) is 0 Å². The second kappa shape index (κ2) is 25.0. The Kier molecular flexibility index (Phi) is 23.8. The molecule has 192 valence electrons. The van der Waals surface area contributed by atoms with Crippen LogP contribution in [0.5, 0.6) is 0 Å². The van der Waals surface area contributed by atoms with Gasteiger partial charge in [0, 0.05) is 0 Å². The molecule has 0 aliphatic rings. The Morgan fingerprint density at radius 2 is 1.03 bits per heavy atom. The minimum atomic E-state index is -0.273. The first-order valence-corrected chi connectivity index (χ1v) is 13.5. The van der Waals surface area contributed by atoms with Crippen molar-refractivity contribution in [2.24, 2.45) is 0 Å². The molecule has 0 aromatic rings. The van der Waals surface area contributed by atoms with Crippen LogP contribution in [0.15, 0.2) is 24.3 Å². The van der Waals surface area contributed by atoms with Gasteiger partial charge in [-0.2, -0.15) is 0 Å². The van der Waals surface area contributed by atoms with E-state index in [2.05, 4.69) is 32.9 Å². The predicted octanol–water partition coefficient (Wildman–Crippen LogP) is 7.01. The predicted molar refractivity (Wildman–Crippen MR) is 138 cm³/mol. The normalized spacial score (nSPS) is 11.6. The summed E-state index contributed by atoms with van der Waals surface area (Å²) in [5.74, 6) is -0.545. The Morgan fingerprint density at radius 1 is 0.606 bits per heavy atom. The summed E-state index contributed by atoms with van der Waals surface area (Å²) in [5, 5.41) is 0. The van der Waals surface area contributed by atoms with Crippen molar-refractivity contribution >= 4 is 11.9 Å². The van der Waals surface area contributed by atoms with Crippen LogP contribution >= 0.6 is 0 Å². The van der Waals surface area contributed by atoms with Gasteiger partial charge in [0.15, 0.2) is 0 Å². The maximum atomic E-state index is 12.2. The largest absolute Gasteiger partial charge is 0.464 e. The first-order chi connectivity index (χ1) is 16.1. The van der Waals surface area contributed by atoms with Gasteiger partial charge in [0.25, 0.3) is 0 Å². The standard InChI is InChI=1S/C28H51NO4/c1-4-7-10-13-14-15-16-17-18-19-22-29(25-27(30)32-23-20-11-8-5-2)26-28(31)33-24-21-12-9-6-3/h8-9,11-12H,4-7,10,13-26H2,1-3H3. The summed E-state index contributed by atoms with van der Waals surface area (Å²) in [5.41, 5.74) is 0. The summed E-state index contributed by atoms with van der Waals surface area (Å²) in [4.78, 5) is 26.3. The number of esters is 2. The van der Waals surface area contributed by atoms with Gasteiger partial charge in [-0.05, 0) is 38.6 Å². The number of carbonyl (C=O) groups is 2. The van der Waals surface area contributed by atoms with Crippen LogP contribution in [0.3, 0.4) is 0 Å². The monoisotopic (exact) mass is 465 g/mol. The number of hydrogen-bond donors (Lipinski definition) is 0. The third kappa shape index (κ3) is 23.3. The molecule has 0 unspecified atom stereocenters. The van der Waals surface area contributed by atoms with Crippen molar-refractivity contribution < 1.29 is 19.1 Å². The second-order valence-corrected chi connectivity index (χ2v) is 8.67. The molecule has 0 radical (unpaired) electrons. The van der Waals surface area contributed by atoms with Gasteiger partial charge in [-0.3, -0.25) is 14.5 Å². The molecule has 0 amide bonds. The van der Waals surface area contributed by atoms with Crippen LogP contribution in [0.2, 0.25) is 0 Å². The lowest BCUT2D eigenvalue weighted by Gasteiger charge is -2.20. The van der Waals surface area contributed by atoms with Crippen molar-refractivity contribution in [3.63, 3.8) is 0 Å². The van der Waals surface area contributed by atoms with Gasteiger partial charge < -0.3 is 9.47 Å². The Hall–Kier alpha value is -1.62. The molecule has 33 heavy (non-hydrogen) atoms. The molecular weight excluding hydrogens is 414 g/mol. The van der Waals surface area contributed by atoms with E-state index in [1.165, 1.54) is 51.4 Å². The first-order valence-electron chi connectivity index (χ1n) is 13.5. The van der Waals surface area contributed by atoms with Gasteiger partial charge in [-0.1, -0.05) is 103 Å². The van der Waals surface area contributed by atoms with Crippen molar-refractivity contribution in [3.05, 3.63) is 24.3 Å². The van der Waals surface area contributed by atoms with Crippen molar-refractivity contribution in [2.75, 3.05) is 32.8 Å². The van der Waals surface area contributed by atoms with E-state index in [0.717, 1.165) is 38.5 Å². The maximum Gasteiger partial charge on any atom is 0.320 e. The highest BCUT2D eigenvalue weighted by molar-refractivity contribution is 5.75. The van der Waals surface area contributed by atoms with Crippen LogP contribution in [-0.4, -0.2) is 49.7 Å². The summed E-state index contributed by atoms with van der Waals surface area (Å²) in [6, 6.07) is 0. The number of ether oxygens (including phenoxy) is 2. The third-order valence-corrected chi connectivity index (χ3v) is 5.43. The van der Waals surface area contributed by atoms with E-state index < -0.39 is 0 Å². The SMILES string of the molecule is CCC=CCCOC(=O)CN(CCCCCCCCCCCC)CC(=O)OCCC=CCC. The Bertz CT molecular complexity index is 482. The number of rotatable bonds is 23. The molecule has 0 atom stereocenters. The molecule has 0 spiro atoms. The van der Waals surface area contributed by atoms with Gasteiger partial charge in [-0.25, -0.2) is 0 Å². The molecule has 0 rings (SSSR count). The summed E-state index contributed by atoms with van der Waals surface area (Å²) in [7, 11) is 0. The summed E-state index contributed by atoms with van der Waals surface area (Å²) < 4.78 is 10.7. The van der Waals surface area contributed by atoms with Crippen molar-refractivity contribution in [2.45, 2.75) is 111 Å². The molecule has 5 nitrogen and oxygen atoms in total. The molecule has 0 aliphatic carbocycles. The smallest absolute Gasteiger partial charge is 0.320 e. The second-order valence-electron chi connectivity index (χ2n) is 8.67. The van der Waals surface area contributed by atoms with Gasteiger partial charge in [0.05, 0.1) is 26.3 Å². The first kappa shape index (κ1) is 31.4. The lowest BCUT2D eigenvalue weighted by atomic mass is 10.1. The lowest BCUT2D eigenvalue weighted by Crippen LogP contribution is -2.37. The zero-order valence-corrected chi connectivity index (χ0v) is 21.8. The highest BCUT2D eigenvalue weighted by atomic mass is 16.5. The van der Waals surface area contributed by atoms with E-state index in [0.29, 0.717) is 19.8 Å². The highest BCUT2D eigenvalue weighted by Gasteiger charge is 2.16.